The van der Waals surface area contributed by atoms with Gasteiger partial charge in [0.15, 0.2) is 16.7 Å². The molecule has 9 nitrogen and oxygen atoms in total. The summed E-state index contributed by atoms with van der Waals surface area (Å²) in [5, 5.41) is 6.49. The molecule has 2 aromatic carbocycles. The fourth-order valence-corrected chi connectivity index (χ4v) is 4.06. The number of allylic oxidation sites excluding steroid dienone is 1. The summed E-state index contributed by atoms with van der Waals surface area (Å²) in [5.74, 6) is 0.573. The van der Waals surface area contributed by atoms with Crippen LogP contribution in [-0.2, 0) is 9.59 Å². The number of anilines is 1. The highest BCUT2D eigenvalue weighted by Gasteiger charge is 2.31. The summed E-state index contributed by atoms with van der Waals surface area (Å²) in [6, 6.07) is 12.0. The summed E-state index contributed by atoms with van der Waals surface area (Å²) in [4.78, 5) is 29.3. The lowest BCUT2D eigenvalue weighted by Crippen LogP contribution is -2.32. The first-order valence-electron chi connectivity index (χ1n) is 10.0. The minimum atomic E-state index is -0.695. The maximum atomic E-state index is 13.3. The van der Waals surface area contributed by atoms with Gasteiger partial charge in [0.1, 0.15) is 6.04 Å². The van der Waals surface area contributed by atoms with Crippen molar-refractivity contribution >= 4 is 34.4 Å². The van der Waals surface area contributed by atoms with E-state index in [0.717, 1.165) is 11.8 Å². The molecule has 1 atom stereocenters. The molecule has 0 aromatic heterocycles. The number of nitrogens with one attached hydrogen (secondary N) is 2. The van der Waals surface area contributed by atoms with E-state index in [-0.39, 0.29) is 11.7 Å². The normalized spacial score (nSPS) is 15.3. The van der Waals surface area contributed by atoms with Crippen LogP contribution in [0.25, 0.3) is 0 Å². The molecule has 174 valence electrons. The molecule has 10 heteroatoms. The number of carbonyl (C=O) groups is 2. The maximum Gasteiger partial charge on any atom is 0.255 e. The number of thioether (sulfide) groups is 1. The van der Waals surface area contributed by atoms with Crippen molar-refractivity contribution < 1.29 is 23.8 Å². The van der Waals surface area contributed by atoms with Gasteiger partial charge < -0.3 is 30.6 Å². The van der Waals surface area contributed by atoms with E-state index < -0.39 is 11.9 Å². The molecule has 33 heavy (non-hydrogen) atoms. The Kier molecular flexibility index (Phi) is 7.83. The quantitative estimate of drug-likeness (QED) is 0.542. The number of primary amides is 1. The highest BCUT2D eigenvalue weighted by molar-refractivity contribution is 8.14. The van der Waals surface area contributed by atoms with Crippen molar-refractivity contribution in [2.24, 2.45) is 10.7 Å². The number of carbonyl (C=O) groups excluding carboxylic acids is 2. The topological polar surface area (TPSA) is 124 Å². The lowest BCUT2D eigenvalue weighted by molar-refractivity contribution is -0.115. The smallest absolute Gasteiger partial charge is 0.255 e. The molecule has 0 aliphatic carbocycles. The minimum Gasteiger partial charge on any atom is -0.493 e. The standard InChI is InChI=1S/C23H26N4O5S/c1-13-19(22(29)26-15-8-6-5-7-9-15)20(27-23(25-13)33-12-18(24)28)14-10-16(30-2)21(32-4)17(11-14)31-3/h5-11,20H,12H2,1-4H3,(H2,24,28)(H,25,27)(H,26,29)/t20-/m1/s1. The number of amidine groups is 1. The molecule has 4 N–H and O–H groups in total. The number of rotatable bonds is 8. The molecular weight excluding hydrogens is 444 g/mol. The fourth-order valence-electron chi connectivity index (χ4n) is 3.37. The van der Waals surface area contributed by atoms with E-state index in [9.17, 15) is 9.59 Å². The Bertz CT molecular complexity index is 1080. The van der Waals surface area contributed by atoms with E-state index in [1.807, 2.05) is 18.2 Å². The van der Waals surface area contributed by atoms with Crippen molar-refractivity contribution in [2.45, 2.75) is 13.0 Å². The Morgan fingerprint density at radius 3 is 2.27 bits per heavy atom. The summed E-state index contributed by atoms with van der Waals surface area (Å²) >= 11 is 1.16. The van der Waals surface area contributed by atoms with Gasteiger partial charge in [-0.25, -0.2) is 4.99 Å². The van der Waals surface area contributed by atoms with E-state index in [2.05, 4.69) is 10.6 Å². The van der Waals surface area contributed by atoms with Crippen LogP contribution in [0.1, 0.15) is 18.5 Å². The molecule has 0 bridgehead atoms. The summed E-state index contributed by atoms with van der Waals surface area (Å²) < 4.78 is 16.4. The second-order valence-electron chi connectivity index (χ2n) is 7.03. The van der Waals surface area contributed by atoms with Crippen molar-refractivity contribution in [2.75, 3.05) is 32.4 Å². The number of hydrogen-bond acceptors (Lipinski definition) is 8. The van der Waals surface area contributed by atoms with Gasteiger partial charge in [0.25, 0.3) is 5.91 Å². The summed E-state index contributed by atoms with van der Waals surface area (Å²) in [6.45, 7) is 1.78. The lowest BCUT2D eigenvalue weighted by Gasteiger charge is -2.27. The van der Waals surface area contributed by atoms with Crippen LogP contribution < -0.4 is 30.6 Å². The Balaban J connectivity index is 2.07. The van der Waals surface area contributed by atoms with Crippen molar-refractivity contribution in [3.05, 3.63) is 59.3 Å². The summed E-state index contributed by atoms with van der Waals surface area (Å²) in [6.07, 6.45) is 0. The second-order valence-corrected chi connectivity index (χ2v) is 8.00. The van der Waals surface area contributed by atoms with Crippen LogP contribution in [0.4, 0.5) is 5.69 Å². The van der Waals surface area contributed by atoms with Gasteiger partial charge in [-0.15, -0.1) is 0 Å². The molecule has 0 fully saturated rings. The zero-order chi connectivity index (χ0) is 24.0. The van der Waals surface area contributed by atoms with E-state index in [0.29, 0.717) is 44.9 Å². The molecule has 2 aromatic rings. The Morgan fingerprint density at radius 2 is 1.73 bits per heavy atom. The van der Waals surface area contributed by atoms with Gasteiger partial charge in [-0.3, -0.25) is 9.59 Å². The molecule has 1 aliphatic heterocycles. The van der Waals surface area contributed by atoms with Crippen molar-refractivity contribution in [3.8, 4) is 17.2 Å². The van der Waals surface area contributed by atoms with Crippen LogP contribution in [0.2, 0.25) is 0 Å². The van der Waals surface area contributed by atoms with E-state index >= 15 is 0 Å². The predicted molar refractivity (Wildman–Crippen MR) is 129 cm³/mol. The molecule has 2 amide bonds. The third-order valence-electron chi connectivity index (χ3n) is 4.85. The van der Waals surface area contributed by atoms with Gasteiger partial charge in [0, 0.05) is 11.4 Å². The largest absolute Gasteiger partial charge is 0.493 e. The number of nitrogens with two attached hydrogens (primary N) is 1. The zero-order valence-corrected chi connectivity index (χ0v) is 19.6. The number of nitrogens with zero attached hydrogens (tertiary/aromatic N) is 1. The van der Waals surface area contributed by atoms with Gasteiger partial charge in [-0.05, 0) is 36.8 Å². The average molecular weight is 471 g/mol. The van der Waals surface area contributed by atoms with Crippen molar-refractivity contribution in [1.29, 1.82) is 0 Å². The highest BCUT2D eigenvalue weighted by atomic mass is 32.2. The second kappa shape index (κ2) is 10.8. The molecular formula is C23H26N4O5S. The number of benzene rings is 2. The molecule has 0 spiro atoms. The molecule has 3 rings (SSSR count). The van der Waals surface area contributed by atoms with Gasteiger partial charge in [0.2, 0.25) is 11.7 Å². The lowest BCUT2D eigenvalue weighted by atomic mass is 9.95. The van der Waals surface area contributed by atoms with E-state index in [1.54, 1.807) is 31.2 Å². The number of methoxy groups -OCH3 is 3. The number of hydrogen-bond donors (Lipinski definition) is 3. The Hall–Kier alpha value is -3.66. The SMILES string of the molecule is COc1cc([C@H]2N=C(SCC(N)=O)NC(C)=C2C(=O)Nc2ccccc2)cc(OC)c1OC. The maximum absolute atomic E-state index is 13.3. The van der Waals surface area contributed by atoms with Gasteiger partial charge >= 0.3 is 0 Å². The third-order valence-corrected chi connectivity index (χ3v) is 5.76. The van der Waals surface area contributed by atoms with Gasteiger partial charge in [-0.1, -0.05) is 30.0 Å². The van der Waals surface area contributed by atoms with Crippen LogP contribution in [0.5, 0.6) is 17.2 Å². The number of amides is 2. The Labute approximate surface area is 196 Å². The molecule has 0 unspecified atom stereocenters. The number of ether oxygens (including phenoxy) is 3. The monoisotopic (exact) mass is 470 g/mol. The van der Waals surface area contributed by atoms with Crippen LogP contribution in [0.15, 0.2) is 58.7 Å². The highest BCUT2D eigenvalue weighted by Crippen LogP contribution is 2.43. The van der Waals surface area contributed by atoms with Crippen molar-refractivity contribution in [3.63, 3.8) is 0 Å². The minimum absolute atomic E-state index is 0.0482. The first-order valence-corrected chi connectivity index (χ1v) is 11.0. The molecule has 0 saturated carbocycles. The van der Waals surface area contributed by atoms with Crippen LogP contribution in [0.3, 0.4) is 0 Å². The zero-order valence-electron chi connectivity index (χ0n) is 18.8. The molecule has 0 radical (unpaired) electrons. The third kappa shape index (κ3) is 5.58. The van der Waals surface area contributed by atoms with Crippen LogP contribution >= 0.6 is 11.8 Å². The molecule has 1 heterocycles. The van der Waals surface area contributed by atoms with E-state index in [4.69, 9.17) is 24.9 Å². The first-order chi connectivity index (χ1) is 15.9. The number of para-hydroxylation sites is 1. The van der Waals surface area contributed by atoms with Crippen LogP contribution in [-0.4, -0.2) is 44.1 Å². The summed E-state index contributed by atoms with van der Waals surface area (Å²) in [5.41, 5.74) is 7.62. The summed E-state index contributed by atoms with van der Waals surface area (Å²) in [7, 11) is 4.56. The van der Waals surface area contributed by atoms with Gasteiger partial charge in [-0.2, -0.15) is 0 Å². The fraction of sp³-hybridized carbons (Fsp3) is 0.261. The number of aliphatic imine (C=N–C) groups is 1. The predicted octanol–water partition coefficient (Wildman–Crippen LogP) is 2.84. The van der Waals surface area contributed by atoms with Gasteiger partial charge in [0.05, 0.1) is 32.7 Å². The van der Waals surface area contributed by atoms with E-state index in [1.165, 1.54) is 21.3 Å². The van der Waals surface area contributed by atoms with Crippen molar-refractivity contribution in [1.82, 2.24) is 5.32 Å². The molecule has 1 aliphatic rings. The molecule has 0 saturated heterocycles. The van der Waals surface area contributed by atoms with Crippen LogP contribution in [0, 0.1) is 0 Å². The first kappa shape index (κ1) is 24.0. The Morgan fingerprint density at radius 1 is 1.09 bits per heavy atom. The average Bonchev–Trinajstić information content (AvgIpc) is 2.81.